The molecule has 0 spiro atoms. The van der Waals surface area contributed by atoms with E-state index in [4.69, 9.17) is 15.2 Å². The Morgan fingerprint density at radius 3 is 2.44 bits per heavy atom. The Morgan fingerprint density at radius 2 is 1.76 bits per heavy atom. The number of primary amides is 1. The summed E-state index contributed by atoms with van der Waals surface area (Å²) in [7, 11) is 0. The standard InChI is InChI=1S/C27H25FN2O4/c1-2-26(31)30-13-12-19(17-30)14-18-6-11-25(24(15-18)27(29)32)34-22-9-7-21(8-10-22)33-23-5-3-4-20(28)16-23/h2-11,15-16,19H,1,12-14,17H2,(H2,29,32). The second kappa shape index (κ2) is 10.2. The predicted octanol–water partition coefficient (Wildman–Crippen LogP) is 5.09. The van der Waals surface area contributed by atoms with Crippen molar-refractivity contribution in [1.29, 1.82) is 0 Å². The highest BCUT2D eigenvalue weighted by molar-refractivity contribution is 5.96. The van der Waals surface area contributed by atoms with E-state index in [1.165, 1.54) is 18.2 Å². The summed E-state index contributed by atoms with van der Waals surface area (Å²) in [5, 5.41) is 0. The number of hydrogen-bond donors (Lipinski definition) is 1. The average Bonchev–Trinajstić information content (AvgIpc) is 3.29. The summed E-state index contributed by atoms with van der Waals surface area (Å²) >= 11 is 0. The number of amides is 2. The van der Waals surface area contributed by atoms with Crippen LogP contribution in [0.3, 0.4) is 0 Å². The van der Waals surface area contributed by atoms with Crippen molar-refractivity contribution in [2.75, 3.05) is 13.1 Å². The lowest BCUT2D eigenvalue weighted by Crippen LogP contribution is -2.26. The molecule has 1 aliphatic heterocycles. The molecule has 4 rings (SSSR count). The number of benzene rings is 3. The van der Waals surface area contributed by atoms with Gasteiger partial charge >= 0.3 is 0 Å². The van der Waals surface area contributed by atoms with Gasteiger partial charge in [0, 0.05) is 19.2 Å². The highest BCUT2D eigenvalue weighted by atomic mass is 19.1. The van der Waals surface area contributed by atoms with Gasteiger partial charge in [-0.25, -0.2) is 4.39 Å². The van der Waals surface area contributed by atoms with Crippen LogP contribution >= 0.6 is 0 Å². The molecule has 0 saturated carbocycles. The van der Waals surface area contributed by atoms with Gasteiger partial charge in [0.25, 0.3) is 5.91 Å². The molecule has 0 bridgehead atoms. The zero-order valence-corrected chi connectivity index (χ0v) is 18.6. The van der Waals surface area contributed by atoms with Crippen molar-refractivity contribution >= 4 is 11.8 Å². The molecule has 1 unspecified atom stereocenters. The van der Waals surface area contributed by atoms with Crippen LogP contribution in [-0.4, -0.2) is 29.8 Å². The average molecular weight is 461 g/mol. The SMILES string of the molecule is C=CC(=O)N1CCC(Cc2ccc(Oc3ccc(Oc4cccc(F)c4)cc3)c(C(N)=O)c2)C1. The maximum absolute atomic E-state index is 13.3. The van der Waals surface area contributed by atoms with E-state index >= 15 is 0 Å². The molecule has 3 aromatic rings. The van der Waals surface area contributed by atoms with Crippen LogP contribution in [0.25, 0.3) is 0 Å². The Labute approximate surface area is 197 Å². The molecule has 0 radical (unpaired) electrons. The summed E-state index contributed by atoms with van der Waals surface area (Å²) in [5.41, 5.74) is 6.86. The zero-order chi connectivity index (χ0) is 24.1. The van der Waals surface area contributed by atoms with E-state index in [0.717, 1.165) is 18.4 Å². The van der Waals surface area contributed by atoms with Gasteiger partial charge in [0.15, 0.2) is 0 Å². The van der Waals surface area contributed by atoms with Crippen LogP contribution in [0.15, 0.2) is 79.4 Å². The van der Waals surface area contributed by atoms with Gasteiger partial charge in [-0.2, -0.15) is 0 Å². The topological polar surface area (TPSA) is 81.9 Å². The molecular weight excluding hydrogens is 435 g/mol. The van der Waals surface area contributed by atoms with Gasteiger partial charge in [0.05, 0.1) is 5.56 Å². The van der Waals surface area contributed by atoms with Gasteiger partial charge in [-0.3, -0.25) is 9.59 Å². The first kappa shape index (κ1) is 23.0. The van der Waals surface area contributed by atoms with E-state index in [2.05, 4.69) is 6.58 Å². The number of nitrogens with two attached hydrogens (primary N) is 1. The lowest BCUT2D eigenvalue weighted by Gasteiger charge is -2.15. The van der Waals surface area contributed by atoms with Gasteiger partial charge in [0.2, 0.25) is 5.91 Å². The second-order valence-electron chi connectivity index (χ2n) is 8.17. The number of ether oxygens (including phenoxy) is 2. The Morgan fingerprint density at radius 1 is 1.03 bits per heavy atom. The summed E-state index contributed by atoms with van der Waals surface area (Å²) in [6.07, 6.45) is 2.96. The van der Waals surface area contributed by atoms with Gasteiger partial charge < -0.3 is 20.1 Å². The summed E-state index contributed by atoms with van der Waals surface area (Å²) in [6.45, 7) is 4.91. The summed E-state index contributed by atoms with van der Waals surface area (Å²) in [4.78, 5) is 25.7. The van der Waals surface area contributed by atoms with Crippen LogP contribution in [0, 0.1) is 11.7 Å². The number of hydrogen-bond acceptors (Lipinski definition) is 4. The molecule has 1 fully saturated rings. The quantitative estimate of drug-likeness (QED) is 0.475. The fourth-order valence-electron chi connectivity index (χ4n) is 4.02. The minimum Gasteiger partial charge on any atom is -0.457 e. The molecule has 0 aliphatic carbocycles. The molecule has 1 atom stereocenters. The lowest BCUT2D eigenvalue weighted by atomic mass is 9.97. The van der Waals surface area contributed by atoms with Crippen molar-refractivity contribution in [3.63, 3.8) is 0 Å². The third-order valence-corrected chi connectivity index (χ3v) is 5.69. The molecule has 3 aromatic carbocycles. The maximum Gasteiger partial charge on any atom is 0.252 e. The Balaban J connectivity index is 1.43. The van der Waals surface area contributed by atoms with E-state index in [9.17, 15) is 14.0 Å². The molecule has 7 heteroatoms. The van der Waals surface area contributed by atoms with Crippen molar-refractivity contribution in [2.24, 2.45) is 11.7 Å². The van der Waals surface area contributed by atoms with Crippen molar-refractivity contribution in [1.82, 2.24) is 4.90 Å². The summed E-state index contributed by atoms with van der Waals surface area (Å²) in [6, 6.07) is 18.0. The van der Waals surface area contributed by atoms with Crippen molar-refractivity contribution in [2.45, 2.75) is 12.8 Å². The smallest absolute Gasteiger partial charge is 0.252 e. The van der Waals surface area contributed by atoms with Crippen molar-refractivity contribution in [3.8, 4) is 23.0 Å². The van der Waals surface area contributed by atoms with Crippen LogP contribution in [-0.2, 0) is 11.2 Å². The largest absolute Gasteiger partial charge is 0.457 e. The minimum atomic E-state index is -0.585. The maximum atomic E-state index is 13.3. The fraction of sp³-hybridized carbons (Fsp3) is 0.185. The first-order valence-electron chi connectivity index (χ1n) is 11.0. The van der Waals surface area contributed by atoms with E-state index in [-0.39, 0.29) is 17.3 Å². The highest BCUT2D eigenvalue weighted by Crippen LogP contribution is 2.30. The van der Waals surface area contributed by atoms with E-state index in [1.54, 1.807) is 53.4 Å². The van der Waals surface area contributed by atoms with Crippen LogP contribution < -0.4 is 15.2 Å². The molecule has 6 nitrogen and oxygen atoms in total. The van der Waals surface area contributed by atoms with Crippen LogP contribution in [0.5, 0.6) is 23.0 Å². The number of nitrogens with zero attached hydrogens (tertiary/aromatic N) is 1. The third kappa shape index (κ3) is 5.61. The molecule has 2 amide bonds. The number of halogens is 1. The minimum absolute atomic E-state index is 0.0589. The number of likely N-dealkylation sites (tertiary alicyclic amines) is 1. The predicted molar refractivity (Wildman–Crippen MR) is 127 cm³/mol. The lowest BCUT2D eigenvalue weighted by molar-refractivity contribution is -0.125. The second-order valence-corrected chi connectivity index (χ2v) is 8.17. The van der Waals surface area contributed by atoms with E-state index < -0.39 is 5.91 Å². The number of carbonyl (C=O) groups excluding carboxylic acids is 2. The molecule has 1 heterocycles. The molecule has 1 saturated heterocycles. The molecule has 2 N–H and O–H groups in total. The monoisotopic (exact) mass is 460 g/mol. The van der Waals surface area contributed by atoms with Gasteiger partial charge in [0.1, 0.15) is 28.8 Å². The number of rotatable bonds is 8. The van der Waals surface area contributed by atoms with Crippen LogP contribution in [0.1, 0.15) is 22.3 Å². The summed E-state index contributed by atoms with van der Waals surface area (Å²) < 4.78 is 24.9. The van der Waals surface area contributed by atoms with Gasteiger partial charge in [-0.1, -0.05) is 18.7 Å². The van der Waals surface area contributed by atoms with Crippen molar-refractivity contribution in [3.05, 3.63) is 96.3 Å². The van der Waals surface area contributed by atoms with E-state index in [1.807, 2.05) is 6.07 Å². The molecular formula is C27H25FN2O4. The van der Waals surface area contributed by atoms with Crippen LogP contribution in [0.2, 0.25) is 0 Å². The molecule has 34 heavy (non-hydrogen) atoms. The fourth-order valence-corrected chi connectivity index (χ4v) is 4.02. The first-order valence-corrected chi connectivity index (χ1v) is 11.0. The van der Waals surface area contributed by atoms with Crippen molar-refractivity contribution < 1.29 is 23.5 Å². The summed E-state index contributed by atoms with van der Waals surface area (Å²) in [5.74, 6) is 1.04. The van der Waals surface area contributed by atoms with Crippen LogP contribution in [0.4, 0.5) is 4.39 Å². The first-order chi connectivity index (χ1) is 16.4. The normalized spacial score (nSPS) is 15.1. The Kier molecular flexibility index (Phi) is 6.92. The zero-order valence-electron chi connectivity index (χ0n) is 18.6. The van der Waals surface area contributed by atoms with E-state index in [0.29, 0.717) is 42.0 Å². The van der Waals surface area contributed by atoms with Gasteiger partial charge in [-0.05, 0) is 78.9 Å². The number of carbonyl (C=O) groups is 2. The molecule has 0 aromatic heterocycles. The molecule has 1 aliphatic rings. The van der Waals surface area contributed by atoms with Gasteiger partial charge in [-0.15, -0.1) is 0 Å². The third-order valence-electron chi connectivity index (χ3n) is 5.69. The Bertz CT molecular complexity index is 1210. The molecule has 174 valence electrons. The Hall–Kier alpha value is -4.13. The highest BCUT2D eigenvalue weighted by Gasteiger charge is 2.25.